The van der Waals surface area contributed by atoms with Crippen LogP contribution in [0, 0.1) is 5.95 Å². The molecule has 10 heteroatoms. The Morgan fingerprint density at radius 3 is 2.48 bits per heavy atom. The Kier molecular flexibility index (Phi) is 4.80. The summed E-state index contributed by atoms with van der Waals surface area (Å²) in [6, 6.07) is 9.23. The van der Waals surface area contributed by atoms with E-state index < -0.39 is 23.7 Å². The fourth-order valence-corrected chi connectivity index (χ4v) is 2.27. The quantitative estimate of drug-likeness (QED) is 0.554. The van der Waals surface area contributed by atoms with Gasteiger partial charge in [0, 0.05) is 18.0 Å². The number of pyridine rings is 1. The van der Waals surface area contributed by atoms with Gasteiger partial charge in [-0.3, -0.25) is 4.79 Å². The van der Waals surface area contributed by atoms with E-state index in [2.05, 4.69) is 15.4 Å². The summed E-state index contributed by atoms with van der Waals surface area (Å²) in [7, 11) is 1.23. The van der Waals surface area contributed by atoms with Gasteiger partial charge >= 0.3 is 6.18 Å². The molecule has 140 valence electrons. The summed E-state index contributed by atoms with van der Waals surface area (Å²) in [6.45, 7) is 0. The highest BCUT2D eigenvalue weighted by Crippen LogP contribution is 2.32. The van der Waals surface area contributed by atoms with E-state index >= 15 is 0 Å². The van der Waals surface area contributed by atoms with E-state index in [0.717, 1.165) is 10.7 Å². The van der Waals surface area contributed by atoms with Gasteiger partial charge in [0.2, 0.25) is 11.8 Å². The molecule has 0 atom stereocenters. The minimum atomic E-state index is -4.61. The third kappa shape index (κ3) is 3.89. The monoisotopic (exact) mass is 380 g/mol. The summed E-state index contributed by atoms with van der Waals surface area (Å²) in [5.74, 6) is -1.71. The van der Waals surface area contributed by atoms with E-state index in [1.807, 2.05) is 0 Å². The van der Waals surface area contributed by atoms with Crippen molar-refractivity contribution in [3.05, 3.63) is 65.9 Å². The lowest BCUT2D eigenvalue weighted by molar-refractivity contribution is -0.141. The molecule has 0 saturated carbocycles. The van der Waals surface area contributed by atoms with Gasteiger partial charge in [-0.05, 0) is 36.4 Å². The van der Waals surface area contributed by atoms with Crippen molar-refractivity contribution in [3.63, 3.8) is 0 Å². The number of hydrogen-bond acceptors (Lipinski definition) is 4. The molecular formula is C17H12F4N4O2. The second-order valence-electron chi connectivity index (χ2n) is 5.32. The topological polar surface area (TPSA) is 69.0 Å². The van der Waals surface area contributed by atoms with Crippen LogP contribution in [-0.2, 0) is 6.18 Å². The van der Waals surface area contributed by atoms with Gasteiger partial charge in [0.1, 0.15) is 0 Å². The lowest BCUT2D eigenvalue weighted by Gasteiger charge is -2.09. The van der Waals surface area contributed by atoms with Crippen LogP contribution in [0.2, 0.25) is 0 Å². The Hall–Kier alpha value is -3.43. The number of carbonyl (C=O) groups excluding carboxylic acids is 1. The highest BCUT2D eigenvalue weighted by atomic mass is 19.4. The zero-order valence-corrected chi connectivity index (χ0v) is 13.8. The van der Waals surface area contributed by atoms with Gasteiger partial charge in [0.05, 0.1) is 18.4 Å². The number of anilines is 1. The van der Waals surface area contributed by atoms with Crippen molar-refractivity contribution >= 4 is 11.6 Å². The number of halogens is 4. The Morgan fingerprint density at radius 1 is 1.19 bits per heavy atom. The molecule has 2 aromatic heterocycles. The molecule has 0 unspecified atom stereocenters. The second kappa shape index (κ2) is 7.06. The van der Waals surface area contributed by atoms with Gasteiger partial charge in [-0.15, -0.1) is 0 Å². The molecule has 0 radical (unpaired) electrons. The van der Waals surface area contributed by atoms with Crippen LogP contribution in [0.3, 0.4) is 0 Å². The zero-order chi connectivity index (χ0) is 19.6. The Labute approximate surface area is 150 Å². The summed E-state index contributed by atoms with van der Waals surface area (Å²) in [5, 5.41) is 5.97. The third-order valence-electron chi connectivity index (χ3n) is 3.55. The van der Waals surface area contributed by atoms with E-state index in [1.54, 1.807) is 0 Å². The number of aromatic nitrogens is 3. The van der Waals surface area contributed by atoms with Crippen molar-refractivity contribution < 1.29 is 27.1 Å². The SMILES string of the molecule is COc1cc(C(F)(F)F)nn1-c1ccc(NC(=O)c2cccnc2F)cc1. The van der Waals surface area contributed by atoms with E-state index in [0.29, 0.717) is 5.69 Å². The lowest BCUT2D eigenvalue weighted by atomic mass is 10.2. The van der Waals surface area contributed by atoms with Crippen LogP contribution in [0.25, 0.3) is 5.69 Å². The van der Waals surface area contributed by atoms with Gasteiger partial charge in [0.25, 0.3) is 5.91 Å². The van der Waals surface area contributed by atoms with E-state index in [4.69, 9.17) is 4.74 Å². The number of alkyl halides is 3. The van der Waals surface area contributed by atoms with Crippen molar-refractivity contribution in [2.45, 2.75) is 6.18 Å². The van der Waals surface area contributed by atoms with Crippen molar-refractivity contribution in [1.29, 1.82) is 0 Å². The first-order valence-corrected chi connectivity index (χ1v) is 7.53. The van der Waals surface area contributed by atoms with E-state index in [1.165, 1.54) is 49.7 Å². The second-order valence-corrected chi connectivity index (χ2v) is 5.32. The molecule has 1 N–H and O–H groups in total. The number of nitrogens with one attached hydrogen (secondary N) is 1. The Bertz CT molecular complexity index is 968. The van der Waals surface area contributed by atoms with E-state index in [9.17, 15) is 22.4 Å². The van der Waals surface area contributed by atoms with Crippen molar-refractivity contribution in [1.82, 2.24) is 14.8 Å². The molecule has 2 heterocycles. The van der Waals surface area contributed by atoms with Crippen LogP contribution >= 0.6 is 0 Å². The molecular weight excluding hydrogens is 368 g/mol. The van der Waals surface area contributed by atoms with Crippen LogP contribution < -0.4 is 10.1 Å². The number of amides is 1. The molecule has 3 rings (SSSR count). The van der Waals surface area contributed by atoms with Gasteiger partial charge in [0.15, 0.2) is 5.69 Å². The molecule has 0 aliphatic rings. The van der Waals surface area contributed by atoms with Crippen molar-refractivity contribution in [2.75, 3.05) is 12.4 Å². The number of nitrogens with zero attached hydrogens (tertiary/aromatic N) is 3. The lowest BCUT2D eigenvalue weighted by Crippen LogP contribution is -2.14. The van der Waals surface area contributed by atoms with Crippen molar-refractivity contribution in [2.24, 2.45) is 0 Å². The molecule has 0 aliphatic carbocycles. The Morgan fingerprint density at radius 2 is 1.89 bits per heavy atom. The summed E-state index contributed by atoms with van der Waals surface area (Å²) in [6.07, 6.45) is -3.40. The van der Waals surface area contributed by atoms with Crippen LogP contribution in [0.1, 0.15) is 16.1 Å². The maximum Gasteiger partial charge on any atom is 0.435 e. The number of benzene rings is 1. The molecule has 0 saturated heterocycles. The summed E-state index contributed by atoms with van der Waals surface area (Å²) < 4.78 is 57.9. The molecule has 0 fully saturated rings. The van der Waals surface area contributed by atoms with Gasteiger partial charge in [-0.1, -0.05) is 0 Å². The molecule has 0 bridgehead atoms. The average molecular weight is 380 g/mol. The number of methoxy groups -OCH3 is 1. The fourth-order valence-electron chi connectivity index (χ4n) is 2.27. The number of hydrogen-bond donors (Lipinski definition) is 1. The first-order valence-electron chi connectivity index (χ1n) is 7.53. The minimum Gasteiger partial charge on any atom is -0.481 e. The van der Waals surface area contributed by atoms with Gasteiger partial charge in [-0.25, -0.2) is 9.67 Å². The maximum atomic E-state index is 13.5. The molecule has 3 aromatic rings. The van der Waals surface area contributed by atoms with Crippen LogP contribution in [-0.4, -0.2) is 27.8 Å². The van der Waals surface area contributed by atoms with Gasteiger partial charge < -0.3 is 10.1 Å². The van der Waals surface area contributed by atoms with E-state index in [-0.39, 0.29) is 17.1 Å². The number of carbonyl (C=O) groups is 1. The molecule has 1 amide bonds. The summed E-state index contributed by atoms with van der Waals surface area (Å²) in [4.78, 5) is 15.4. The highest BCUT2D eigenvalue weighted by molar-refractivity contribution is 6.04. The fraction of sp³-hybridized carbons (Fsp3) is 0.118. The average Bonchev–Trinajstić information content (AvgIpc) is 3.07. The highest BCUT2D eigenvalue weighted by Gasteiger charge is 2.35. The molecule has 6 nitrogen and oxygen atoms in total. The van der Waals surface area contributed by atoms with Gasteiger partial charge in [-0.2, -0.15) is 22.7 Å². The summed E-state index contributed by atoms with van der Waals surface area (Å²) >= 11 is 0. The number of ether oxygens (including phenoxy) is 1. The van der Waals surface area contributed by atoms with Crippen LogP contribution in [0.4, 0.5) is 23.2 Å². The first-order chi connectivity index (χ1) is 12.8. The molecule has 1 aromatic carbocycles. The molecule has 27 heavy (non-hydrogen) atoms. The smallest absolute Gasteiger partial charge is 0.435 e. The molecule has 0 spiro atoms. The zero-order valence-electron chi connectivity index (χ0n) is 13.8. The largest absolute Gasteiger partial charge is 0.481 e. The predicted octanol–water partition coefficient (Wildman–Crippen LogP) is 3.69. The first kappa shape index (κ1) is 18.4. The standard InChI is InChI=1S/C17H12F4N4O2/c1-27-14-9-13(17(19,20)21)24-25(14)11-6-4-10(5-7-11)23-16(26)12-3-2-8-22-15(12)18/h2-9H,1H3,(H,23,26). The van der Waals surface area contributed by atoms with Crippen LogP contribution in [0.15, 0.2) is 48.7 Å². The Balaban J connectivity index is 1.83. The normalized spacial score (nSPS) is 11.3. The third-order valence-corrected chi connectivity index (χ3v) is 3.55. The summed E-state index contributed by atoms with van der Waals surface area (Å²) in [5.41, 5.74) is -0.726. The number of rotatable bonds is 4. The van der Waals surface area contributed by atoms with Crippen LogP contribution in [0.5, 0.6) is 5.88 Å². The van der Waals surface area contributed by atoms with Crippen molar-refractivity contribution in [3.8, 4) is 11.6 Å². The maximum absolute atomic E-state index is 13.5. The molecule has 0 aliphatic heterocycles. The minimum absolute atomic E-state index is 0.100. The predicted molar refractivity (Wildman–Crippen MR) is 87.3 cm³/mol.